The Morgan fingerprint density at radius 1 is 1.42 bits per heavy atom. The fourth-order valence-corrected chi connectivity index (χ4v) is 2.72. The number of alkyl carbamates (subject to hydrolysis) is 1. The summed E-state index contributed by atoms with van der Waals surface area (Å²) < 4.78 is 5.83. The molecule has 0 radical (unpaired) electrons. The van der Waals surface area contributed by atoms with Crippen LogP contribution in [0.2, 0.25) is 5.02 Å². The molecule has 1 aromatic carbocycles. The highest BCUT2D eigenvalue weighted by Crippen LogP contribution is 2.30. The number of rotatable bonds is 4. The normalized spacial score (nSPS) is 12.9. The van der Waals surface area contributed by atoms with Gasteiger partial charge in [0.05, 0.1) is 5.02 Å². The van der Waals surface area contributed by atoms with Crippen LogP contribution < -0.4 is 5.32 Å². The first-order valence-electron chi connectivity index (χ1n) is 7.24. The largest absolute Gasteiger partial charge is 0.480 e. The standard InChI is InChI=1S/C16H18BrClN2O4/c1-16(2,3)24-15(23)20-13(14(21)22)4-8-7-19-12-6-11(18)10(17)5-9(8)12/h5-7,13,19H,4H2,1-3H3,(H,20,23)(H,21,22). The van der Waals surface area contributed by atoms with Gasteiger partial charge in [0, 0.05) is 28.0 Å². The number of H-pyrrole nitrogens is 1. The fourth-order valence-electron chi connectivity index (χ4n) is 2.21. The monoisotopic (exact) mass is 416 g/mol. The number of aromatic nitrogens is 1. The van der Waals surface area contributed by atoms with Gasteiger partial charge in [-0.15, -0.1) is 0 Å². The van der Waals surface area contributed by atoms with Gasteiger partial charge < -0.3 is 20.1 Å². The Morgan fingerprint density at radius 2 is 2.08 bits per heavy atom. The van der Waals surface area contributed by atoms with Crippen molar-refractivity contribution in [2.75, 3.05) is 0 Å². The fraction of sp³-hybridized carbons (Fsp3) is 0.375. The number of ether oxygens (including phenoxy) is 1. The van der Waals surface area contributed by atoms with Crippen LogP contribution in [-0.4, -0.2) is 33.8 Å². The summed E-state index contributed by atoms with van der Waals surface area (Å²) in [5, 5.41) is 13.2. The van der Waals surface area contributed by atoms with E-state index in [1.54, 1.807) is 33.0 Å². The predicted molar refractivity (Wildman–Crippen MR) is 95.5 cm³/mol. The Kier molecular flexibility index (Phi) is 5.45. The molecule has 1 unspecified atom stereocenters. The number of aliphatic carboxylic acids is 1. The molecule has 0 aliphatic heterocycles. The van der Waals surface area contributed by atoms with E-state index < -0.39 is 23.7 Å². The first-order chi connectivity index (χ1) is 11.1. The van der Waals surface area contributed by atoms with E-state index in [0.717, 1.165) is 16.5 Å². The minimum atomic E-state index is -1.14. The van der Waals surface area contributed by atoms with E-state index in [1.165, 1.54) is 0 Å². The molecular formula is C16H18BrClN2O4. The second-order valence-electron chi connectivity index (χ2n) is 6.37. The number of carbonyl (C=O) groups is 2. The lowest BCUT2D eigenvalue weighted by atomic mass is 10.1. The second kappa shape index (κ2) is 7.03. The van der Waals surface area contributed by atoms with Crippen LogP contribution in [0, 0.1) is 0 Å². The number of amides is 1. The first-order valence-corrected chi connectivity index (χ1v) is 8.41. The highest BCUT2D eigenvalue weighted by Gasteiger charge is 2.25. The van der Waals surface area contributed by atoms with Gasteiger partial charge >= 0.3 is 12.1 Å². The Balaban J connectivity index is 2.21. The SMILES string of the molecule is CC(C)(C)OC(=O)NC(Cc1c[nH]c2cc(Cl)c(Br)cc12)C(=O)O. The minimum absolute atomic E-state index is 0.114. The molecule has 0 aliphatic rings. The predicted octanol–water partition coefficient (Wildman–Crippen LogP) is 4.10. The van der Waals surface area contributed by atoms with Crippen molar-refractivity contribution in [1.82, 2.24) is 10.3 Å². The minimum Gasteiger partial charge on any atom is -0.480 e. The Morgan fingerprint density at radius 3 is 2.67 bits per heavy atom. The molecular weight excluding hydrogens is 400 g/mol. The van der Waals surface area contributed by atoms with Gasteiger partial charge in [-0.25, -0.2) is 9.59 Å². The van der Waals surface area contributed by atoms with Crippen molar-refractivity contribution in [3.63, 3.8) is 0 Å². The molecule has 1 heterocycles. The second-order valence-corrected chi connectivity index (χ2v) is 7.63. The van der Waals surface area contributed by atoms with Crippen molar-refractivity contribution < 1.29 is 19.4 Å². The van der Waals surface area contributed by atoms with Crippen molar-refractivity contribution in [3.05, 3.63) is 33.4 Å². The van der Waals surface area contributed by atoms with Crippen LogP contribution in [0.5, 0.6) is 0 Å². The van der Waals surface area contributed by atoms with E-state index in [0.29, 0.717) is 9.50 Å². The van der Waals surface area contributed by atoms with Gasteiger partial charge in [0.2, 0.25) is 0 Å². The molecule has 2 aromatic rings. The van der Waals surface area contributed by atoms with E-state index in [4.69, 9.17) is 16.3 Å². The molecule has 1 amide bonds. The van der Waals surface area contributed by atoms with Gasteiger partial charge in [0.1, 0.15) is 11.6 Å². The quantitative estimate of drug-likeness (QED) is 0.698. The summed E-state index contributed by atoms with van der Waals surface area (Å²) in [6, 6.07) is 2.46. The summed E-state index contributed by atoms with van der Waals surface area (Å²) in [7, 11) is 0. The topological polar surface area (TPSA) is 91.4 Å². The molecule has 0 spiro atoms. The van der Waals surface area contributed by atoms with Crippen molar-refractivity contribution in [2.45, 2.75) is 38.8 Å². The molecule has 1 atom stereocenters. The summed E-state index contributed by atoms with van der Waals surface area (Å²) in [4.78, 5) is 26.4. The summed E-state index contributed by atoms with van der Waals surface area (Å²) in [5.41, 5.74) is 0.848. The highest BCUT2D eigenvalue weighted by molar-refractivity contribution is 9.10. The molecule has 0 aliphatic carbocycles. The maximum atomic E-state index is 11.8. The Labute approximate surface area is 152 Å². The molecule has 0 saturated heterocycles. The van der Waals surface area contributed by atoms with E-state index in [9.17, 15) is 14.7 Å². The molecule has 0 fully saturated rings. The number of benzene rings is 1. The molecule has 2 rings (SSSR count). The molecule has 24 heavy (non-hydrogen) atoms. The number of hydrogen-bond donors (Lipinski definition) is 3. The van der Waals surface area contributed by atoms with Gasteiger partial charge in [-0.05, 0) is 54.4 Å². The highest BCUT2D eigenvalue weighted by atomic mass is 79.9. The number of fused-ring (bicyclic) bond motifs is 1. The molecule has 0 saturated carbocycles. The number of carboxylic acid groups (broad SMARTS) is 1. The van der Waals surface area contributed by atoms with Gasteiger partial charge in [0.15, 0.2) is 0 Å². The van der Waals surface area contributed by atoms with Gasteiger partial charge in [0.25, 0.3) is 0 Å². The lowest BCUT2D eigenvalue weighted by Gasteiger charge is -2.22. The smallest absolute Gasteiger partial charge is 0.408 e. The summed E-state index contributed by atoms with van der Waals surface area (Å²) in [6.45, 7) is 5.13. The third-order valence-corrected chi connectivity index (χ3v) is 4.42. The average molecular weight is 418 g/mol. The van der Waals surface area contributed by atoms with E-state index in [-0.39, 0.29) is 6.42 Å². The van der Waals surface area contributed by atoms with Gasteiger partial charge in [-0.3, -0.25) is 0 Å². The molecule has 3 N–H and O–H groups in total. The van der Waals surface area contributed by atoms with Crippen molar-refractivity contribution in [2.24, 2.45) is 0 Å². The van der Waals surface area contributed by atoms with E-state index in [2.05, 4.69) is 26.2 Å². The maximum Gasteiger partial charge on any atom is 0.408 e. The van der Waals surface area contributed by atoms with Crippen LogP contribution in [0.1, 0.15) is 26.3 Å². The third kappa shape index (κ3) is 4.64. The summed E-state index contributed by atoms with van der Waals surface area (Å²) in [5.74, 6) is -1.14. The third-order valence-electron chi connectivity index (χ3n) is 3.22. The van der Waals surface area contributed by atoms with E-state index >= 15 is 0 Å². The molecule has 1 aromatic heterocycles. The Bertz CT molecular complexity index is 782. The van der Waals surface area contributed by atoms with Crippen molar-refractivity contribution in [3.8, 4) is 0 Å². The van der Waals surface area contributed by atoms with E-state index in [1.807, 2.05) is 6.07 Å². The lowest BCUT2D eigenvalue weighted by molar-refractivity contribution is -0.139. The number of carboxylic acids is 1. The van der Waals surface area contributed by atoms with Crippen LogP contribution in [0.4, 0.5) is 4.79 Å². The van der Waals surface area contributed by atoms with Gasteiger partial charge in [-0.2, -0.15) is 0 Å². The zero-order chi connectivity index (χ0) is 18.1. The maximum absolute atomic E-state index is 11.8. The average Bonchev–Trinajstić information content (AvgIpc) is 2.79. The number of halogens is 2. The number of carbonyl (C=O) groups excluding carboxylic acids is 1. The van der Waals surface area contributed by atoms with Crippen LogP contribution in [-0.2, 0) is 16.0 Å². The van der Waals surface area contributed by atoms with Crippen LogP contribution in [0.25, 0.3) is 10.9 Å². The lowest BCUT2D eigenvalue weighted by Crippen LogP contribution is -2.44. The van der Waals surface area contributed by atoms with Crippen molar-refractivity contribution in [1.29, 1.82) is 0 Å². The number of hydrogen-bond acceptors (Lipinski definition) is 3. The van der Waals surface area contributed by atoms with Gasteiger partial charge in [-0.1, -0.05) is 11.6 Å². The molecule has 6 nitrogen and oxygen atoms in total. The zero-order valence-electron chi connectivity index (χ0n) is 13.4. The summed E-state index contributed by atoms with van der Waals surface area (Å²) in [6.07, 6.45) is 1.06. The zero-order valence-corrected chi connectivity index (χ0v) is 15.8. The Hall–Kier alpha value is -1.73. The van der Waals surface area contributed by atoms with Crippen LogP contribution in [0.15, 0.2) is 22.8 Å². The molecule has 8 heteroatoms. The molecule has 130 valence electrons. The van der Waals surface area contributed by atoms with Crippen molar-refractivity contribution >= 4 is 50.5 Å². The number of aromatic amines is 1. The summed E-state index contributed by atoms with van der Waals surface area (Å²) >= 11 is 9.40. The van der Waals surface area contributed by atoms with Crippen LogP contribution in [0.3, 0.4) is 0 Å². The molecule has 0 bridgehead atoms. The van der Waals surface area contributed by atoms with Crippen LogP contribution >= 0.6 is 27.5 Å². The number of nitrogens with one attached hydrogen (secondary N) is 2. The first kappa shape index (κ1) is 18.6.